The number of halogens is 1. The van der Waals surface area contributed by atoms with Gasteiger partial charge < -0.3 is 10.5 Å². The molecule has 1 aromatic carbocycles. The third kappa shape index (κ3) is 2.59. The minimum absolute atomic E-state index is 0.508. The average molecular weight is 279 g/mol. The molecular weight excluding hydrogens is 268 g/mol. The van der Waals surface area contributed by atoms with E-state index in [1.807, 2.05) is 30.3 Å². The third-order valence-electron chi connectivity index (χ3n) is 2.11. The molecule has 0 radical (unpaired) electrons. The largest absolute Gasteiger partial charge is 0.456 e. The molecule has 4 heteroatoms. The van der Waals surface area contributed by atoms with Gasteiger partial charge in [0.05, 0.1) is 6.20 Å². The van der Waals surface area contributed by atoms with E-state index in [4.69, 9.17) is 10.5 Å². The molecule has 0 saturated heterocycles. The summed E-state index contributed by atoms with van der Waals surface area (Å²) in [6.45, 7) is 0.508. The Bertz CT molecular complexity index is 474. The van der Waals surface area contributed by atoms with E-state index in [2.05, 4.69) is 20.9 Å². The Morgan fingerprint density at radius 2 is 2.12 bits per heavy atom. The Labute approximate surface area is 102 Å². The summed E-state index contributed by atoms with van der Waals surface area (Å²) in [5, 5.41) is 0. The summed E-state index contributed by atoms with van der Waals surface area (Å²) in [7, 11) is 0. The number of aromatic nitrogens is 1. The van der Waals surface area contributed by atoms with Crippen LogP contribution in [0.3, 0.4) is 0 Å². The van der Waals surface area contributed by atoms with Crippen molar-refractivity contribution < 1.29 is 4.74 Å². The van der Waals surface area contributed by atoms with Gasteiger partial charge in [0, 0.05) is 17.2 Å². The highest BCUT2D eigenvalue weighted by Crippen LogP contribution is 2.26. The van der Waals surface area contributed by atoms with Crippen molar-refractivity contribution in [1.82, 2.24) is 4.98 Å². The minimum atomic E-state index is 0.508. The van der Waals surface area contributed by atoms with Crippen LogP contribution in [0.15, 0.2) is 47.2 Å². The Kier molecular flexibility index (Phi) is 3.54. The van der Waals surface area contributed by atoms with Gasteiger partial charge in [0.1, 0.15) is 11.5 Å². The highest BCUT2D eigenvalue weighted by atomic mass is 79.9. The molecule has 0 unspecified atom stereocenters. The van der Waals surface area contributed by atoms with E-state index in [1.165, 1.54) is 0 Å². The Morgan fingerprint density at radius 1 is 1.25 bits per heavy atom. The predicted molar refractivity (Wildman–Crippen MR) is 66.3 cm³/mol. The van der Waals surface area contributed by atoms with Gasteiger partial charge in [-0.2, -0.15) is 0 Å². The fourth-order valence-corrected chi connectivity index (χ4v) is 1.82. The molecule has 1 heterocycles. The van der Waals surface area contributed by atoms with Crippen LogP contribution in [0.5, 0.6) is 11.5 Å². The van der Waals surface area contributed by atoms with Crippen LogP contribution < -0.4 is 10.5 Å². The quantitative estimate of drug-likeness (QED) is 0.939. The van der Waals surface area contributed by atoms with Crippen LogP contribution in [0.25, 0.3) is 0 Å². The molecule has 2 rings (SSSR count). The van der Waals surface area contributed by atoms with Gasteiger partial charge in [0.25, 0.3) is 0 Å². The number of pyridine rings is 1. The molecule has 0 atom stereocenters. The van der Waals surface area contributed by atoms with Crippen molar-refractivity contribution in [3.63, 3.8) is 0 Å². The smallest absolute Gasteiger partial charge is 0.145 e. The number of hydrogen-bond donors (Lipinski definition) is 1. The van der Waals surface area contributed by atoms with Gasteiger partial charge >= 0.3 is 0 Å². The first kappa shape index (κ1) is 11.1. The van der Waals surface area contributed by atoms with E-state index < -0.39 is 0 Å². The molecule has 0 saturated carbocycles. The summed E-state index contributed by atoms with van der Waals surface area (Å²) < 4.78 is 6.58. The summed E-state index contributed by atoms with van der Waals surface area (Å²) in [6.07, 6.45) is 3.38. The van der Waals surface area contributed by atoms with E-state index in [0.29, 0.717) is 6.54 Å². The Morgan fingerprint density at radius 3 is 2.75 bits per heavy atom. The SMILES string of the molecule is NCc1ccc(Oc2cccnc2)cc1Br. The maximum Gasteiger partial charge on any atom is 0.145 e. The second-order valence-electron chi connectivity index (χ2n) is 3.25. The molecule has 0 amide bonds. The van der Waals surface area contributed by atoms with E-state index >= 15 is 0 Å². The average Bonchev–Trinajstić information content (AvgIpc) is 2.31. The standard InChI is InChI=1S/C12H11BrN2O/c13-12-6-10(4-3-9(12)7-14)16-11-2-1-5-15-8-11/h1-6,8H,7,14H2. The van der Waals surface area contributed by atoms with Crippen molar-refractivity contribution in [2.24, 2.45) is 5.73 Å². The van der Waals surface area contributed by atoms with E-state index in [0.717, 1.165) is 21.5 Å². The molecule has 82 valence electrons. The zero-order valence-corrected chi connectivity index (χ0v) is 10.1. The van der Waals surface area contributed by atoms with Gasteiger partial charge in [-0.05, 0) is 29.8 Å². The third-order valence-corrected chi connectivity index (χ3v) is 2.85. The van der Waals surface area contributed by atoms with Crippen molar-refractivity contribution in [2.75, 3.05) is 0 Å². The minimum Gasteiger partial charge on any atom is -0.456 e. The lowest BCUT2D eigenvalue weighted by Crippen LogP contribution is -1.97. The number of ether oxygens (including phenoxy) is 1. The Hall–Kier alpha value is -1.39. The van der Waals surface area contributed by atoms with Gasteiger partial charge in [-0.15, -0.1) is 0 Å². The van der Waals surface area contributed by atoms with E-state index in [1.54, 1.807) is 12.4 Å². The van der Waals surface area contributed by atoms with Gasteiger partial charge in [0.15, 0.2) is 0 Å². The fourth-order valence-electron chi connectivity index (χ4n) is 1.30. The highest BCUT2D eigenvalue weighted by molar-refractivity contribution is 9.10. The normalized spacial score (nSPS) is 10.1. The summed E-state index contributed by atoms with van der Waals surface area (Å²) in [5.41, 5.74) is 6.63. The van der Waals surface area contributed by atoms with Crippen LogP contribution in [0, 0.1) is 0 Å². The molecular formula is C12H11BrN2O. The number of hydrogen-bond acceptors (Lipinski definition) is 3. The van der Waals surface area contributed by atoms with Crippen LogP contribution >= 0.6 is 15.9 Å². The first-order chi connectivity index (χ1) is 7.79. The molecule has 0 aliphatic carbocycles. The molecule has 2 N–H and O–H groups in total. The van der Waals surface area contributed by atoms with Crippen molar-refractivity contribution in [3.8, 4) is 11.5 Å². The second-order valence-corrected chi connectivity index (χ2v) is 4.10. The number of benzene rings is 1. The predicted octanol–water partition coefficient (Wildman–Crippen LogP) is 3.10. The van der Waals surface area contributed by atoms with Crippen LogP contribution in [0.1, 0.15) is 5.56 Å². The molecule has 0 bridgehead atoms. The molecule has 3 nitrogen and oxygen atoms in total. The molecule has 0 aliphatic heterocycles. The topological polar surface area (TPSA) is 48.1 Å². The van der Waals surface area contributed by atoms with Crippen LogP contribution in [0.4, 0.5) is 0 Å². The zero-order valence-electron chi connectivity index (χ0n) is 8.56. The van der Waals surface area contributed by atoms with Crippen molar-refractivity contribution in [3.05, 3.63) is 52.8 Å². The lowest BCUT2D eigenvalue weighted by Gasteiger charge is -2.07. The fraction of sp³-hybridized carbons (Fsp3) is 0.0833. The number of nitrogens with zero attached hydrogens (tertiary/aromatic N) is 1. The monoisotopic (exact) mass is 278 g/mol. The lowest BCUT2D eigenvalue weighted by molar-refractivity contribution is 0.479. The van der Waals surface area contributed by atoms with Crippen LogP contribution in [0.2, 0.25) is 0 Å². The summed E-state index contributed by atoms with van der Waals surface area (Å²) in [6, 6.07) is 9.42. The van der Waals surface area contributed by atoms with Crippen LogP contribution in [-0.4, -0.2) is 4.98 Å². The van der Waals surface area contributed by atoms with Gasteiger partial charge in [-0.3, -0.25) is 4.98 Å². The molecule has 0 aliphatic rings. The maximum absolute atomic E-state index is 5.63. The second kappa shape index (κ2) is 5.09. The summed E-state index contributed by atoms with van der Waals surface area (Å²) in [5.74, 6) is 1.48. The number of nitrogens with two attached hydrogens (primary N) is 1. The van der Waals surface area contributed by atoms with Crippen molar-refractivity contribution in [1.29, 1.82) is 0 Å². The molecule has 0 fully saturated rings. The molecule has 16 heavy (non-hydrogen) atoms. The van der Waals surface area contributed by atoms with Gasteiger partial charge in [-0.25, -0.2) is 0 Å². The summed E-state index contributed by atoms with van der Waals surface area (Å²) >= 11 is 3.45. The van der Waals surface area contributed by atoms with Crippen molar-refractivity contribution >= 4 is 15.9 Å². The first-order valence-electron chi connectivity index (χ1n) is 4.86. The van der Waals surface area contributed by atoms with Gasteiger partial charge in [-0.1, -0.05) is 22.0 Å². The van der Waals surface area contributed by atoms with Crippen LogP contribution in [-0.2, 0) is 6.54 Å². The molecule has 1 aromatic heterocycles. The molecule has 0 spiro atoms. The maximum atomic E-state index is 5.63. The number of rotatable bonds is 3. The Balaban J connectivity index is 2.20. The highest BCUT2D eigenvalue weighted by Gasteiger charge is 2.01. The lowest BCUT2D eigenvalue weighted by atomic mass is 10.2. The zero-order chi connectivity index (χ0) is 11.4. The van der Waals surface area contributed by atoms with E-state index in [-0.39, 0.29) is 0 Å². The van der Waals surface area contributed by atoms with E-state index in [9.17, 15) is 0 Å². The molecule has 2 aromatic rings. The van der Waals surface area contributed by atoms with Crippen molar-refractivity contribution in [2.45, 2.75) is 6.54 Å². The van der Waals surface area contributed by atoms with Gasteiger partial charge in [0.2, 0.25) is 0 Å². The summed E-state index contributed by atoms with van der Waals surface area (Å²) in [4.78, 5) is 3.98. The first-order valence-corrected chi connectivity index (χ1v) is 5.65.